The van der Waals surface area contributed by atoms with Crippen LogP contribution in [-0.4, -0.2) is 14.5 Å². The second-order valence-corrected chi connectivity index (χ2v) is 10.5. The van der Waals surface area contributed by atoms with Crippen molar-refractivity contribution < 1.29 is 26.2 Å². The van der Waals surface area contributed by atoms with E-state index in [2.05, 4.69) is 146 Å². The molecule has 0 fully saturated rings. The fraction of sp³-hybridized carbons (Fsp3) is 0.0833. The Morgan fingerprint density at radius 3 is 2.05 bits per heavy atom. The number of hydrogen-bond acceptors (Lipinski definition) is 1. The molecule has 6 aromatic carbocycles. The van der Waals surface area contributed by atoms with E-state index in [0.29, 0.717) is 0 Å². The number of pyridine rings is 1. The fourth-order valence-corrected chi connectivity index (χ4v) is 4.89. The van der Waals surface area contributed by atoms with Crippen molar-refractivity contribution in [3.05, 3.63) is 139 Å². The minimum atomic E-state index is 0. The number of aryl methyl sites for hydroxylation is 1. The molecule has 188 valence electrons. The average molecular weight is 597 g/mol. The SMILES string of the molecule is C[Si]C.Cc1cc2ccccc2[cH-]1.[Zr+2].c1ccc(-c2cc3c(-c4cccc5cccnc45)cccc3[cH-]2)cc1. The van der Waals surface area contributed by atoms with Gasteiger partial charge in [-0.25, -0.2) is 0 Å². The molecule has 0 aliphatic rings. The van der Waals surface area contributed by atoms with Crippen LogP contribution in [0, 0.1) is 6.92 Å². The molecule has 2 radical (unpaired) electrons. The zero-order chi connectivity index (χ0) is 26.3. The molecule has 3 heteroatoms. The zero-order valence-electron chi connectivity index (χ0n) is 22.6. The zero-order valence-corrected chi connectivity index (χ0v) is 26.1. The Balaban J connectivity index is 0.000000211. The fourth-order valence-electron chi connectivity index (χ4n) is 4.89. The summed E-state index contributed by atoms with van der Waals surface area (Å²) in [6.45, 7) is 6.43. The van der Waals surface area contributed by atoms with Gasteiger partial charge in [-0.2, -0.15) is 6.07 Å². The van der Waals surface area contributed by atoms with Crippen LogP contribution in [0.2, 0.25) is 13.1 Å². The van der Waals surface area contributed by atoms with Gasteiger partial charge in [-0.1, -0.05) is 98.4 Å². The first-order chi connectivity index (χ1) is 18.7. The van der Waals surface area contributed by atoms with Crippen molar-refractivity contribution in [2.45, 2.75) is 20.0 Å². The number of fused-ring (bicyclic) bond motifs is 3. The molecular weight excluding hydrogens is 566 g/mol. The minimum Gasteiger partial charge on any atom is -0.256 e. The molecule has 0 bridgehead atoms. The van der Waals surface area contributed by atoms with Gasteiger partial charge in [-0.15, -0.1) is 75.1 Å². The third-order valence-corrected chi connectivity index (χ3v) is 6.54. The Hall–Kier alpha value is -3.39. The van der Waals surface area contributed by atoms with E-state index in [0.717, 1.165) is 15.0 Å². The van der Waals surface area contributed by atoms with Gasteiger partial charge in [-0.3, -0.25) is 4.98 Å². The molecule has 0 saturated carbocycles. The standard InChI is InChI=1S/C24H16N.C10H9.C2H6Si.Zr/c1-2-7-17(8-3-1)20-15-19-10-5-12-21(23(19)16-20)22-13-4-9-18-11-6-14-25-24(18)22;1-8-6-9-4-2-3-5-10(9)7-8;1-3-2;/h1-16H;2-7H,1H3;1-2H3;/q2*-1;;+2. The van der Waals surface area contributed by atoms with Crippen LogP contribution in [0.25, 0.3) is 54.7 Å². The number of nitrogens with zero attached hydrogens (tertiary/aromatic N) is 1. The van der Waals surface area contributed by atoms with E-state index < -0.39 is 0 Å². The first-order valence-corrected chi connectivity index (χ1v) is 15.0. The monoisotopic (exact) mass is 595 g/mol. The first-order valence-electron chi connectivity index (χ1n) is 13.0. The second-order valence-electron chi connectivity index (χ2n) is 9.46. The molecule has 0 atom stereocenters. The topological polar surface area (TPSA) is 12.9 Å². The molecule has 7 rings (SSSR count). The second kappa shape index (κ2) is 13.6. The Morgan fingerprint density at radius 1 is 0.615 bits per heavy atom. The number of para-hydroxylation sites is 1. The van der Waals surface area contributed by atoms with E-state index >= 15 is 0 Å². The normalized spacial score (nSPS) is 10.3. The van der Waals surface area contributed by atoms with Crippen molar-refractivity contribution in [2.75, 3.05) is 0 Å². The number of benzene rings is 4. The van der Waals surface area contributed by atoms with Crippen molar-refractivity contribution in [3.8, 4) is 22.3 Å². The Bertz CT molecular complexity index is 1740. The molecule has 1 aromatic heterocycles. The maximum Gasteiger partial charge on any atom is 2.00 e. The van der Waals surface area contributed by atoms with Crippen molar-refractivity contribution >= 4 is 42.0 Å². The van der Waals surface area contributed by atoms with Gasteiger partial charge in [0.1, 0.15) is 0 Å². The van der Waals surface area contributed by atoms with Crippen LogP contribution in [0.4, 0.5) is 0 Å². The van der Waals surface area contributed by atoms with E-state index in [1.54, 1.807) is 0 Å². The van der Waals surface area contributed by atoms with E-state index in [-0.39, 0.29) is 26.2 Å². The molecule has 0 unspecified atom stereocenters. The molecule has 0 amide bonds. The number of aromatic nitrogens is 1. The molecule has 39 heavy (non-hydrogen) atoms. The first kappa shape index (κ1) is 28.6. The minimum absolute atomic E-state index is 0. The largest absolute Gasteiger partial charge is 2.00 e. The maximum atomic E-state index is 4.63. The summed E-state index contributed by atoms with van der Waals surface area (Å²) < 4.78 is 0. The van der Waals surface area contributed by atoms with Crippen LogP contribution < -0.4 is 0 Å². The summed E-state index contributed by atoms with van der Waals surface area (Å²) >= 11 is 0. The number of hydrogen-bond donors (Lipinski definition) is 0. The van der Waals surface area contributed by atoms with Crippen LogP contribution >= 0.6 is 0 Å². The molecule has 0 N–H and O–H groups in total. The third kappa shape index (κ3) is 6.61. The van der Waals surface area contributed by atoms with Crippen molar-refractivity contribution in [1.29, 1.82) is 0 Å². The van der Waals surface area contributed by atoms with Gasteiger partial charge in [-0.05, 0) is 11.6 Å². The van der Waals surface area contributed by atoms with Gasteiger partial charge in [0.05, 0.1) is 5.52 Å². The smallest absolute Gasteiger partial charge is 0.256 e. The molecule has 0 aliphatic carbocycles. The van der Waals surface area contributed by atoms with Crippen LogP contribution in [0.5, 0.6) is 0 Å². The van der Waals surface area contributed by atoms with Crippen LogP contribution in [-0.2, 0) is 26.2 Å². The molecule has 0 saturated heterocycles. The van der Waals surface area contributed by atoms with E-state index in [9.17, 15) is 0 Å². The molecule has 1 heterocycles. The van der Waals surface area contributed by atoms with Crippen molar-refractivity contribution in [2.24, 2.45) is 0 Å². The predicted octanol–water partition coefficient (Wildman–Crippen LogP) is 10.1. The van der Waals surface area contributed by atoms with Gasteiger partial charge < -0.3 is 0 Å². The molecule has 1 nitrogen and oxygen atoms in total. The predicted molar refractivity (Wildman–Crippen MR) is 167 cm³/mol. The Kier molecular flexibility index (Phi) is 9.98. The van der Waals surface area contributed by atoms with Crippen molar-refractivity contribution in [3.63, 3.8) is 0 Å². The third-order valence-electron chi connectivity index (χ3n) is 6.54. The molecule has 0 aliphatic heterocycles. The summed E-state index contributed by atoms with van der Waals surface area (Å²) in [6.07, 6.45) is 1.87. The van der Waals surface area contributed by atoms with Gasteiger partial charge in [0.15, 0.2) is 0 Å². The van der Waals surface area contributed by atoms with Gasteiger partial charge in [0, 0.05) is 26.7 Å². The van der Waals surface area contributed by atoms with Gasteiger partial charge in [0.25, 0.3) is 0 Å². The summed E-state index contributed by atoms with van der Waals surface area (Å²) in [6, 6.07) is 45.0. The summed E-state index contributed by atoms with van der Waals surface area (Å²) in [5.74, 6) is 0. The van der Waals surface area contributed by atoms with Gasteiger partial charge in [0.2, 0.25) is 0 Å². The summed E-state index contributed by atoms with van der Waals surface area (Å²) in [7, 11) is 1.08. The molecule has 7 aromatic rings. The average Bonchev–Trinajstić information content (AvgIpc) is 3.57. The molecular formula is C36H31NSiZr. The van der Waals surface area contributed by atoms with Gasteiger partial charge >= 0.3 is 26.2 Å². The van der Waals surface area contributed by atoms with E-state index in [1.807, 2.05) is 12.3 Å². The Morgan fingerprint density at radius 2 is 1.26 bits per heavy atom. The van der Waals surface area contributed by atoms with Crippen LogP contribution in [0.15, 0.2) is 134 Å². The summed E-state index contributed by atoms with van der Waals surface area (Å²) in [5.41, 5.74) is 7.34. The summed E-state index contributed by atoms with van der Waals surface area (Å²) in [5, 5.41) is 6.41. The van der Waals surface area contributed by atoms with E-state index in [1.165, 1.54) is 54.7 Å². The Labute approximate surface area is 253 Å². The van der Waals surface area contributed by atoms with Crippen LogP contribution in [0.1, 0.15) is 5.56 Å². The van der Waals surface area contributed by atoms with Crippen LogP contribution in [0.3, 0.4) is 0 Å². The molecule has 0 spiro atoms. The summed E-state index contributed by atoms with van der Waals surface area (Å²) in [4.78, 5) is 4.63. The quantitative estimate of drug-likeness (QED) is 0.143. The number of rotatable bonds is 2. The van der Waals surface area contributed by atoms with E-state index in [4.69, 9.17) is 0 Å². The van der Waals surface area contributed by atoms with Crippen molar-refractivity contribution in [1.82, 2.24) is 4.98 Å². The maximum absolute atomic E-state index is 4.63.